The Kier molecular flexibility index (Phi) is 5.78. The van der Waals surface area contributed by atoms with Crippen LogP contribution in [0.1, 0.15) is 51.8 Å². The first kappa shape index (κ1) is 17.2. The van der Waals surface area contributed by atoms with Gasteiger partial charge in [-0.1, -0.05) is 38.1 Å². The summed E-state index contributed by atoms with van der Waals surface area (Å²) in [6.07, 6.45) is 0.993. The molecule has 1 rings (SSSR count). The van der Waals surface area contributed by atoms with Crippen LogP contribution in [0.25, 0.3) is 0 Å². The second-order valence-electron chi connectivity index (χ2n) is 6.10. The van der Waals surface area contributed by atoms with Crippen molar-refractivity contribution in [2.24, 2.45) is 0 Å². The van der Waals surface area contributed by atoms with Gasteiger partial charge in [0.05, 0.1) is 10.5 Å². The average Bonchev–Trinajstić information content (AvgIpc) is 2.37. The summed E-state index contributed by atoms with van der Waals surface area (Å²) in [6, 6.07) is 8.07. The molecule has 1 N–H and O–H groups in total. The Bertz CT molecular complexity index is 512. The molecule has 0 aromatic heterocycles. The van der Waals surface area contributed by atoms with Crippen LogP contribution >= 0.6 is 0 Å². The van der Waals surface area contributed by atoms with Crippen molar-refractivity contribution in [2.75, 3.05) is 12.3 Å². The summed E-state index contributed by atoms with van der Waals surface area (Å²) >= 11 is 0. The van der Waals surface area contributed by atoms with E-state index in [1.165, 1.54) is 5.56 Å². The van der Waals surface area contributed by atoms with E-state index < -0.39 is 14.6 Å². The summed E-state index contributed by atoms with van der Waals surface area (Å²) in [6.45, 7) is 10.1. The molecule has 0 aliphatic rings. The molecule has 0 aliphatic heterocycles. The summed E-state index contributed by atoms with van der Waals surface area (Å²) in [5, 5.41) is 3.29. The molecule has 1 aromatic carbocycles. The van der Waals surface area contributed by atoms with E-state index in [9.17, 15) is 8.42 Å². The Labute approximate surface area is 123 Å². The van der Waals surface area contributed by atoms with E-state index in [-0.39, 0.29) is 11.8 Å². The maximum atomic E-state index is 12.4. The fourth-order valence-corrected chi connectivity index (χ4v) is 3.22. The van der Waals surface area contributed by atoms with Crippen LogP contribution in [0.2, 0.25) is 0 Å². The smallest absolute Gasteiger partial charge is 0.157 e. The van der Waals surface area contributed by atoms with Crippen LogP contribution in [0.15, 0.2) is 24.3 Å². The van der Waals surface area contributed by atoms with E-state index >= 15 is 0 Å². The van der Waals surface area contributed by atoms with E-state index in [0.29, 0.717) is 0 Å². The van der Waals surface area contributed by atoms with E-state index in [1.54, 1.807) is 20.8 Å². The molecule has 3 nitrogen and oxygen atoms in total. The van der Waals surface area contributed by atoms with Crippen LogP contribution in [-0.2, 0) is 16.3 Å². The van der Waals surface area contributed by atoms with Crippen molar-refractivity contribution in [3.8, 4) is 0 Å². The lowest BCUT2D eigenvalue weighted by molar-refractivity contribution is 0.533. The predicted octanol–water partition coefficient (Wildman–Crippen LogP) is 3.11. The van der Waals surface area contributed by atoms with Gasteiger partial charge < -0.3 is 5.32 Å². The highest BCUT2D eigenvalue weighted by Crippen LogP contribution is 2.23. The van der Waals surface area contributed by atoms with Crippen LogP contribution in [0.5, 0.6) is 0 Å². The van der Waals surface area contributed by atoms with Gasteiger partial charge >= 0.3 is 0 Å². The van der Waals surface area contributed by atoms with Crippen LogP contribution in [-0.4, -0.2) is 25.5 Å². The zero-order valence-electron chi connectivity index (χ0n) is 13.2. The lowest BCUT2D eigenvalue weighted by Crippen LogP contribution is -2.36. The highest BCUT2D eigenvalue weighted by atomic mass is 32.2. The number of sulfone groups is 1. The first-order valence-corrected chi connectivity index (χ1v) is 8.91. The zero-order chi connectivity index (χ0) is 15.4. The minimum Gasteiger partial charge on any atom is -0.309 e. The zero-order valence-corrected chi connectivity index (χ0v) is 14.0. The molecule has 114 valence electrons. The maximum absolute atomic E-state index is 12.4. The topological polar surface area (TPSA) is 46.2 Å². The van der Waals surface area contributed by atoms with Crippen molar-refractivity contribution in [2.45, 2.75) is 51.8 Å². The van der Waals surface area contributed by atoms with E-state index in [1.807, 2.05) is 19.1 Å². The third kappa shape index (κ3) is 4.32. The molecular formula is C16H27NO2S. The fraction of sp³-hybridized carbons (Fsp3) is 0.625. The highest BCUT2D eigenvalue weighted by molar-refractivity contribution is 7.92. The molecule has 0 amide bonds. The van der Waals surface area contributed by atoms with E-state index in [4.69, 9.17) is 0 Å². The number of hydrogen-bond donors (Lipinski definition) is 1. The molecule has 1 aromatic rings. The van der Waals surface area contributed by atoms with Gasteiger partial charge in [-0.05, 0) is 44.9 Å². The molecular weight excluding hydrogens is 270 g/mol. The van der Waals surface area contributed by atoms with Gasteiger partial charge in [0.15, 0.2) is 9.84 Å². The van der Waals surface area contributed by atoms with Gasteiger partial charge in [-0.25, -0.2) is 8.42 Å². The fourth-order valence-electron chi connectivity index (χ4n) is 1.97. The second kappa shape index (κ2) is 6.72. The summed E-state index contributed by atoms with van der Waals surface area (Å²) in [7, 11) is -3.15. The Balaban J connectivity index is 3.00. The van der Waals surface area contributed by atoms with Crippen molar-refractivity contribution in [3.63, 3.8) is 0 Å². The van der Waals surface area contributed by atoms with Crippen LogP contribution in [0, 0.1) is 0 Å². The number of aryl methyl sites for hydroxylation is 1. The summed E-state index contributed by atoms with van der Waals surface area (Å²) in [4.78, 5) is 0. The van der Waals surface area contributed by atoms with Crippen LogP contribution < -0.4 is 5.32 Å². The van der Waals surface area contributed by atoms with Gasteiger partial charge in [0.2, 0.25) is 0 Å². The number of nitrogens with one attached hydrogen (secondary N) is 1. The minimum atomic E-state index is -3.15. The van der Waals surface area contributed by atoms with Gasteiger partial charge in [0, 0.05) is 6.04 Å². The van der Waals surface area contributed by atoms with Gasteiger partial charge in [-0.15, -0.1) is 0 Å². The normalized spacial score (nSPS) is 14.2. The third-order valence-corrected chi connectivity index (χ3v) is 6.20. The minimum absolute atomic E-state index is 0.135. The molecule has 0 aliphatic carbocycles. The number of benzene rings is 1. The second-order valence-corrected chi connectivity index (χ2v) is 8.89. The Morgan fingerprint density at radius 1 is 1.10 bits per heavy atom. The SMILES string of the molecule is CCNC(CS(=O)(=O)C(C)(C)C)c1ccc(CC)cc1. The van der Waals surface area contributed by atoms with Crippen molar-refractivity contribution < 1.29 is 8.42 Å². The highest BCUT2D eigenvalue weighted by Gasteiger charge is 2.31. The number of hydrogen-bond acceptors (Lipinski definition) is 3. The van der Waals surface area contributed by atoms with E-state index in [2.05, 4.69) is 24.4 Å². The molecule has 0 bridgehead atoms. The summed E-state index contributed by atoms with van der Waals surface area (Å²) in [5.74, 6) is 0.135. The standard InChI is InChI=1S/C16H27NO2S/c1-6-13-8-10-14(11-9-13)15(17-7-2)12-20(18,19)16(3,4)5/h8-11,15,17H,6-7,12H2,1-5H3. The predicted molar refractivity (Wildman–Crippen MR) is 85.8 cm³/mol. The summed E-state index contributed by atoms with van der Waals surface area (Å²) in [5.41, 5.74) is 2.31. The third-order valence-electron chi connectivity index (χ3n) is 3.56. The molecule has 0 heterocycles. The Morgan fingerprint density at radius 3 is 2.05 bits per heavy atom. The van der Waals surface area contributed by atoms with Gasteiger partial charge in [-0.2, -0.15) is 0 Å². The molecule has 20 heavy (non-hydrogen) atoms. The lowest BCUT2D eigenvalue weighted by Gasteiger charge is -2.25. The van der Waals surface area contributed by atoms with Gasteiger partial charge in [0.25, 0.3) is 0 Å². The Morgan fingerprint density at radius 2 is 1.65 bits per heavy atom. The summed E-state index contributed by atoms with van der Waals surface area (Å²) < 4.78 is 24.1. The Hall–Kier alpha value is -0.870. The van der Waals surface area contributed by atoms with Crippen molar-refractivity contribution in [3.05, 3.63) is 35.4 Å². The van der Waals surface area contributed by atoms with Gasteiger partial charge in [0.1, 0.15) is 0 Å². The van der Waals surface area contributed by atoms with Crippen LogP contribution in [0.3, 0.4) is 0 Å². The molecule has 1 unspecified atom stereocenters. The monoisotopic (exact) mass is 297 g/mol. The molecule has 0 saturated heterocycles. The van der Waals surface area contributed by atoms with Crippen molar-refractivity contribution in [1.82, 2.24) is 5.32 Å². The first-order chi connectivity index (χ1) is 9.21. The molecule has 4 heteroatoms. The quantitative estimate of drug-likeness (QED) is 0.877. The van der Waals surface area contributed by atoms with E-state index in [0.717, 1.165) is 18.5 Å². The average molecular weight is 297 g/mol. The van der Waals surface area contributed by atoms with Crippen molar-refractivity contribution >= 4 is 9.84 Å². The molecule has 0 fully saturated rings. The first-order valence-electron chi connectivity index (χ1n) is 7.25. The lowest BCUT2D eigenvalue weighted by atomic mass is 10.0. The molecule has 0 saturated carbocycles. The van der Waals surface area contributed by atoms with Crippen molar-refractivity contribution in [1.29, 1.82) is 0 Å². The molecule has 1 atom stereocenters. The van der Waals surface area contributed by atoms with Crippen LogP contribution in [0.4, 0.5) is 0 Å². The largest absolute Gasteiger partial charge is 0.309 e. The van der Waals surface area contributed by atoms with Gasteiger partial charge in [-0.3, -0.25) is 0 Å². The molecule has 0 spiro atoms. The number of rotatable bonds is 6. The maximum Gasteiger partial charge on any atom is 0.157 e. The molecule has 0 radical (unpaired) electrons.